The molecule has 0 spiro atoms. The summed E-state index contributed by atoms with van der Waals surface area (Å²) in [6, 6.07) is 16.1. The third-order valence-corrected chi connectivity index (χ3v) is 7.05. The molecule has 2 unspecified atom stereocenters. The number of piperazine rings is 1. The zero-order valence-corrected chi connectivity index (χ0v) is 21.3. The fraction of sp³-hybridized carbons (Fsp3) is 0.222. The van der Waals surface area contributed by atoms with Gasteiger partial charge in [0.1, 0.15) is 18.4 Å². The van der Waals surface area contributed by atoms with Crippen molar-refractivity contribution in [2.45, 2.75) is 18.3 Å². The summed E-state index contributed by atoms with van der Waals surface area (Å²) in [6.45, 7) is 0.301. The molecule has 5 rings (SSSR count). The van der Waals surface area contributed by atoms with E-state index in [4.69, 9.17) is 28.2 Å². The number of amides is 3. The summed E-state index contributed by atoms with van der Waals surface area (Å²) in [7, 11) is 0. The zero-order valence-electron chi connectivity index (χ0n) is 19.8. The van der Waals surface area contributed by atoms with Crippen LogP contribution in [0, 0.1) is 0 Å². The number of benzene rings is 3. The Morgan fingerprint density at radius 1 is 0.974 bits per heavy atom. The lowest BCUT2D eigenvalue weighted by atomic mass is 9.92. The minimum Gasteiger partial charge on any atom is -0.353 e. The van der Waals surface area contributed by atoms with Crippen LogP contribution in [0.15, 0.2) is 77.8 Å². The SMILES string of the molecule is O=C1CN(C(=O)N2C(c3ccccc3Cl)=NC(c3ccc(Cl)cc3)C2c2cccc(C(F)(F)F)c2)CCN1. The number of halogens is 5. The van der Waals surface area contributed by atoms with Crippen molar-refractivity contribution in [1.82, 2.24) is 15.1 Å². The number of carbonyl (C=O) groups is 2. The molecule has 0 aliphatic carbocycles. The second kappa shape index (κ2) is 10.3. The van der Waals surface area contributed by atoms with E-state index in [9.17, 15) is 22.8 Å². The minimum absolute atomic E-state index is 0.188. The van der Waals surface area contributed by atoms with Crippen molar-refractivity contribution < 1.29 is 22.8 Å². The van der Waals surface area contributed by atoms with Gasteiger partial charge in [-0.05, 0) is 47.5 Å². The van der Waals surface area contributed by atoms with Crippen molar-refractivity contribution >= 4 is 41.0 Å². The van der Waals surface area contributed by atoms with Crippen LogP contribution in [0.2, 0.25) is 10.0 Å². The van der Waals surface area contributed by atoms with Crippen molar-refractivity contribution in [2.24, 2.45) is 4.99 Å². The topological polar surface area (TPSA) is 65.0 Å². The van der Waals surface area contributed by atoms with Crippen LogP contribution in [0.5, 0.6) is 0 Å². The van der Waals surface area contributed by atoms with E-state index in [2.05, 4.69) is 5.32 Å². The van der Waals surface area contributed by atoms with Gasteiger partial charge in [0.05, 0.1) is 16.6 Å². The van der Waals surface area contributed by atoms with Crippen molar-refractivity contribution in [3.8, 4) is 0 Å². The maximum Gasteiger partial charge on any atom is 0.416 e. The maximum absolute atomic E-state index is 14.0. The summed E-state index contributed by atoms with van der Waals surface area (Å²) in [5.41, 5.74) is 0.478. The van der Waals surface area contributed by atoms with Crippen LogP contribution in [0.1, 0.15) is 34.3 Å². The molecule has 6 nitrogen and oxygen atoms in total. The number of carbonyl (C=O) groups excluding carboxylic acids is 2. The minimum atomic E-state index is -4.59. The van der Waals surface area contributed by atoms with Gasteiger partial charge in [-0.1, -0.05) is 59.6 Å². The molecule has 1 N–H and O–H groups in total. The quantitative estimate of drug-likeness (QED) is 0.420. The Labute approximate surface area is 226 Å². The molecular weight excluding hydrogens is 540 g/mol. The predicted molar refractivity (Wildman–Crippen MR) is 138 cm³/mol. The highest BCUT2D eigenvalue weighted by atomic mass is 35.5. The summed E-state index contributed by atoms with van der Waals surface area (Å²) < 4.78 is 41.1. The number of urea groups is 1. The van der Waals surface area contributed by atoms with Crippen LogP contribution in [0.25, 0.3) is 0 Å². The Morgan fingerprint density at radius 3 is 2.39 bits per heavy atom. The molecule has 0 radical (unpaired) electrons. The molecule has 196 valence electrons. The molecule has 0 aromatic heterocycles. The van der Waals surface area contributed by atoms with E-state index >= 15 is 0 Å². The van der Waals surface area contributed by atoms with E-state index in [0.717, 1.165) is 12.1 Å². The molecule has 3 aromatic carbocycles. The van der Waals surface area contributed by atoms with Gasteiger partial charge in [0.15, 0.2) is 0 Å². The van der Waals surface area contributed by atoms with Gasteiger partial charge in [0, 0.05) is 23.7 Å². The monoisotopic (exact) mass is 560 g/mol. The van der Waals surface area contributed by atoms with Crippen LogP contribution in [-0.4, -0.2) is 47.2 Å². The summed E-state index contributed by atoms with van der Waals surface area (Å²) in [4.78, 5) is 33.7. The number of nitrogens with one attached hydrogen (secondary N) is 1. The molecule has 0 saturated carbocycles. The average molecular weight is 561 g/mol. The Hall–Kier alpha value is -3.56. The molecular formula is C27H21Cl2F3N4O2. The van der Waals surface area contributed by atoms with Gasteiger partial charge in [-0.15, -0.1) is 0 Å². The molecule has 3 aromatic rings. The lowest BCUT2D eigenvalue weighted by molar-refractivity contribution is -0.137. The number of hydrogen-bond acceptors (Lipinski definition) is 3. The highest BCUT2D eigenvalue weighted by Crippen LogP contribution is 2.46. The highest BCUT2D eigenvalue weighted by Gasteiger charge is 2.45. The largest absolute Gasteiger partial charge is 0.416 e. The van der Waals surface area contributed by atoms with E-state index < -0.39 is 29.9 Å². The van der Waals surface area contributed by atoms with E-state index in [1.54, 1.807) is 48.5 Å². The number of alkyl halides is 3. The molecule has 38 heavy (non-hydrogen) atoms. The fourth-order valence-corrected chi connectivity index (χ4v) is 5.04. The Morgan fingerprint density at radius 2 is 1.71 bits per heavy atom. The highest BCUT2D eigenvalue weighted by molar-refractivity contribution is 6.34. The normalized spacial score (nSPS) is 19.8. The molecule has 2 heterocycles. The second-order valence-electron chi connectivity index (χ2n) is 8.92. The van der Waals surface area contributed by atoms with Crippen molar-refractivity contribution in [2.75, 3.05) is 19.6 Å². The first-order valence-electron chi connectivity index (χ1n) is 11.7. The van der Waals surface area contributed by atoms with Gasteiger partial charge in [0.2, 0.25) is 5.91 Å². The molecule has 11 heteroatoms. The molecule has 2 atom stereocenters. The summed E-state index contributed by atoms with van der Waals surface area (Å²) in [6.07, 6.45) is -4.59. The van der Waals surface area contributed by atoms with Gasteiger partial charge in [-0.25, -0.2) is 4.79 Å². The third-order valence-electron chi connectivity index (χ3n) is 6.46. The molecule has 3 amide bonds. The van der Waals surface area contributed by atoms with Crippen LogP contribution in [0.3, 0.4) is 0 Å². The van der Waals surface area contributed by atoms with Crippen molar-refractivity contribution in [1.29, 1.82) is 0 Å². The summed E-state index contributed by atoms with van der Waals surface area (Å²) in [5, 5.41) is 3.47. The van der Waals surface area contributed by atoms with Crippen LogP contribution < -0.4 is 5.32 Å². The Kier molecular flexibility index (Phi) is 7.07. The van der Waals surface area contributed by atoms with Gasteiger partial charge in [-0.3, -0.25) is 14.7 Å². The number of nitrogens with zero attached hydrogens (tertiary/aromatic N) is 3. The fourth-order valence-electron chi connectivity index (χ4n) is 4.69. The van der Waals surface area contributed by atoms with Gasteiger partial charge < -0.3 is 10.2 Å². The lowest BCUT2D eigenvalue weighted by Gasteiger charge is -2.35. The number of amidine groups is 1. The molecule has 2 aliphatic heterocycles. The Bertz CT molecular complexity index is 1410. The van der Waals surface area contributed by atoms with E-state index in [1.807, 2.05) is 0 Å². The van der Waals surface area contributed by atoms with Crippen molar-refractivity contribution in [3.05, 3.63) is 105 Å². The van der Waals surface area contributed by atoms with E-state index in [0.29, 0.717) is 21.2 Å². The van der Waals surface area contributed by atoms with Crippen LogP contribution >= 0.6 is 23.2 Å². The number of aliphatic imine (C=N–C) groups is 1. The van der Waals surface area contributed by atoms with Crippen LogP contribution in [0.4, 0.5) is 18.0 Å². The smallest absolute Gasteiger partial charge is 0.353 e. The summed E-state index contributed by atoms with van der Waals surface area (Å²) >= 11 is 12.6. The average Bonchev–Trinajstić information content (AvgIpc) is 3.29. The number of hydrogen-bond donors (Lipinski definition) is 1. The van der Waals surface area contributed by atoms with Crippen molar-refractivity contribution in [3.63, 3.8) is 0 Å². The molecule has 1 fully saturated rings. The van der Waals surface area contributed by atoms with E-state index in [1.165, 1.54) is 21.9 Å². The predicted octanol–water partition coefficient (Wildman–Crippen LogP) is 6.11. The molecule has 2 aliphatic rings. The first-order valence-corrected chi connectivity index (χ1v) is 12.5. The maximum atomic E-state index is 14.0. The first-order chi connectivity index (χ1) is 18.1. The second-order valence-corrected chi connectivity index (χ2v) is 9.76. The first kappa shape index (κ1) is 26.1. The zero-order chi connectivity index (χ0) is 27.0. The van der Waals surface area contributed by atoms with Gasteiger partial charge >= 0.3 is 12.2 Å². The summed E-state index contributed by atoms with van der Waals surface area (Å²) in [5.74, 6) is -0.126. The van der Waals surface area contributed by atoms with Gasteiger partial charge in [-0.2, -0.15) is 13.2 Å². The third kappa shape index (κ3) is 5.08. The standard InChI is InChI=1S/C27H21Cl2F3N4O2/c28-19-10-8-16(9-11-19)23-24(17-4-3-5-18(14-17)27(30,31)32)36(26(38)35-13-12-33-22(37)15-35)25(34-23)20-6-1-2-7-21(20)29/h1-11,14,23-24H,12-13,15H2,(H,33,37). The molecule has 1 saturated heterocycles. The van der Waals surface area contributed by atoms with Gasteiger partial charge in [0.25, 0.3) is 0 Å². The Balaban J connectivity index is 1.70. The van der Waals surface area contributed by atoms with E-state index in [-0.39, 0.29) is 36.9 Å². The molecule has 0 bridgehead atoms. The lowest BCUT2D eigenvalue weighted by Crippen LogP contribution is -2.55. The number of rotatable bonds is 3. The van der Waals surface area contributed by atoms with Crippen LogP contribution in [-0.2, 0) is 11.0 Å².